The number of carboxylic acids is 1. The van der Waals surface area contributed by atoms with E-state index in [1.54, 1.807) is 19.1 Å². The minimum Gasteiger partial charge on any atom is -0.493 e. The summed E-state index contributed by atoms with van der Waals surface area (Å²) >= 11 is 0. The Bertz CT molecular complexity index is 843. The Kier molecular flexibility index (Phi) is 5.38. The zero-order chi connectivity index (χ0) is 18.6. The number of esters is 1. The van der Waals surface area contributed by atoms with Crippen LogP contribution in [0.5, 0.6) is 11.5 Å². The number of hydrogen-bond acceptors (Lipinski definition) is 5. The highest BCUT2D eigenvalue weighted by Crippen LogP contribution is 2.28. The molecule has 0 fully saturated rings. The lowest BCUT2D eigenvalue weighted by Gasteiger charge is -2.11. The third-order valence-electron chi connectivity index (χ3n) is 3.41. The van der Waals surface area contributed by atoms with E-state index in [0.717, 1.165) is 0 Å². The summed E-state index contributed by atoms with van der Waals surface area (Å²) < 4.78 is 10.1. The first-order chi connectivity index (χ1) is 11.8. The van der Waals surface area contributed by atoms with Gasteiger partial charge in [-0.05, 0) is 42.8 Å². The fourth-order valence-corrected chi connectivity index (χ4v) is 2.18. The van der Waals surface area contributed by atoms with Crippen molar-refractivity contribution in [2.45, 2.75) is 13.8 Å². The molecule has 0 spiro atoms. The van der Waals surface area contributed by atoms with E-state index < -0.39 is 17.8 Å². The normalized spacial score (nSPS) is 10.0. The number of ether oxygens (including phenoxy) is 2. The summed E-state index contributed by atoms with van der Waals surface area (Å²) in [5, 5.41) is 11.8. The molecule has 0 unspecified atom stereocenters. The molecular formula is C18H17NO6. The van der Waals surface area contributed by atoms with Crippen LogP contribution in [0.3, 0.4) is 0 Å². The van der Waals surface area contributed by atoms with Crippen molar-refractivity contribution in [2.24, 2.45) is 0 Å². The van der Waals surface area contributed by atoms with Crippen LogP contribution in [0.4, 0.5) is 5.69 Å². The van der Waals surface area contributed by atoms with E-state index >= 15 is 0 Å². The van der Waals surface area contributed by atoms with Crippen molar-refractivity contribution in [3.63, 3.8) is 0 Å². The van der Waals surface area contributed by atoms with Crippen molar-refractivity contribution < 1.29 is 29.0 Å². The smallest absolute Gasteiger partial charge is 0.336 e. The van der Waals surface area contributed by atoms with Gasteiger partial charge in [0.05, 0.1) is 12.7 Å². The van der Waals surface area contributed by atoms with E-state index in [-0.39, 0.29) is 22.6 Å². The van der Waals surface area contributed by atoms with Crippen LogP contribution in [-0.2, 0) is 4.79 Å². The van der Waals surface area contributed by atoms with Crippen LogP contribution < -0.4 is 14.8 Å². The molecule has 2 aromatic carbocycles. The Labute approximate surface area is 144 Å². The van der Waals surface area contributed by atoms with Gasteiger partial charge >= 0.3 is 11.9 Å². The highest BCUT2D eigenvalue weighted by molar-refractivity contribution is 6.05. The number of nitrogens with one attached hydrogen (secondary N) is 1. The molecule has 7 nitrogen and oxygen atoms in total. The number of anilines is 1. The van der Waals surface area contributed by atoms with Gasteiger partial charge in [0.2, 0.25) is 0 Å². The van der Waals surface area contributed by atoms with E-state index in [1.807, 2.05) is 0 Å². The van der Waals surface area contributed by atoms with Crippen molar-refractivity contribution in [2.75, 3.05) is 12.4 Å². The summed E-state index contributed by atoms with van der Waals surface area (Å²) in [5.74, 6) is -1.58. The first-order valence-electron chi connectivity index (χ1n) is 7.33. The number of benzene rings is 2. The van der Waals surface area contributed by atoms with Crippen molar-refractivity contribution in [3.8, 4) is 11.5 Å². The van der Waals surface area contributed by atoms with E-state index in [4.69, 9.17) is 14.6 Å². The topological polar surface area (TPSA) is 102 Å². The van der Waals surface area contributed by atoms with Gasteiger partial charge in [-0.3, -0.25) is 9.59 Å². The molecule has 2 aromatic rings. The molecule has 1 amide bonds. The van der Waals surface area contributed by atoms with Gasteiger partial charge in [0, 0.05) is 18.2 Å². The second-order valence-corrected chi connectivity index (χ2v) is 5.25. The highest BCUT2D eigenvalue weighted by atomic mass is 16.6. The van der Waals surface area contributed by atoms with Crippen LogP contribution in [-0.4, -0.2) is 30.1 Å². The maximum atomic E-state index is 12.4. The van der Waals surface area contributed by atoms with Gasteiger partial charge in [-0.15, -0.1) is 0 Å². The number of hydrogen-bond donors (Lipinski definition) is 2. The van der Waals surface area contributed by atoms with E-state index in [9.17, 15) is 14.4 Å². The molecule has 0 aliphatic rings. The van der Waals surface area contributed by atoms with Crippen LogP contribution in [0.15, 0.2) is 36.4 Å². The fraction of sp³-hybridized carbons (Fsp3) is 0.167. The fourth-order valence-electron chi connectivity index (χ4n) is 2.18. The van der Waals surface area contributed by atoms with Gasteiger partial charge in [0.15, 0.2) is 11.5 Å². The molecule has 0 bridgehead atoms. The molecule has 130 valence electrons. The minimum absolute atomic E-state index is 0.112. The quantitative estimate of drug-likeness (QED) is 0.639. The zero-order valence-electron chi connectivity index (χ0n) is 14.0. The van der Waals surface area contributed by atoms with Crippen LogP contribution in [0.25, 0.3) is 0 Å². The standard InChI is InChI=1S/C18H17NO6/c1-10-4-6-13(9-14(10)18(22)23)19-17(21)12-5-7-15(25-11(2)20)16(8-12)24-3/h4-9H,1-3H3,(H,19,21)(H,22,23). The van der Waals surface area contributed by atoms with Crippen molar-refractivity contribution in [1.82, 2.24) is 0 Å². The Balaban J connectivity index is 2.25. The number of methoxy groups -OCH3 is 1. The van der Waals surface area contributed by atoms with E-state index in [1.165, 1.54) is 38.3 Å². The molecule has 7 heteroatoms. The predicted molar refractivity (Wildman–Crippen MR) is 90.4 cm³/mol. The van der Waals surface area contributed by atoms with Crippen molar-refractivity contribution in [3.05, 3.63) is 53.1 Å². The average molecular weight is 343 g/mol. The average Bonchev–Trinajstić information content (AvgIpc) is 2.56. The van der Waals surface area contributed by atoms with E-state index in [0.29, 0.717) is 11.3 Å². The number of amides is 1. The second kappa shape index (κ2) is 7.48. The van der Waals surface area contributed by atoms with Gasteiger partial charge in [-0.2, -0.15) is 0 Å². The molecule has 0 heterocycles. The molecule has 25 heavy (non-hydrogen) atoms. The van der Waals surface area contributed by atoms with E-state index in [2.05, 4.69) is 5.32 Å². The number of carbonyl (C=O) groups is 3. The zero-order valence-corrected chi connectivity index (χ0v) is 14.0. The Morgan fingerprint density at radius 2 is 1.76 bits per heavy atom. The van der Waals surface area contributed by atoms with Crippen molar-refractivity contribution >= 4 is 23.5 Å². The lowest BCUT2D eigenvalue weighted by atomic mass is 10.1. The molecule has 0 aliphatic carbocycles. The summed E-state index contributed by atoms with van der Waals surface area (Å²) in [6, 6.07) is 8.98. The van der Waals surface area contributed by atoms with Gasteiger partial charge in [0.1, 0.15) is 0 Å². The lowest BCUT2D eigenvalue weighted by molar-refractivity contribution is -0.132. The number of carbonyl (C=O) groups excluding carboxylic acids is 2. The third-order valence-corrected chi connectivity index (χ3v) is 3.41. The van der Waals surface area contributed by atoms with Crippen LogP contribution in [0.2, 0.25) is 0 Å². The molecule has 2 N–H and O–H groups in total. The third kappa shape index (κ3) is 4.35. The van der Waals surface area contributed by atoms with Gasteiger partial charge < -0.3 is 19.9 Å². The molecule has 0 aliphatic heterocycles. The molecule has 0 saturated carbocycles. The first-order valence-corrected chi connectivity index (χ1v) is 7.33. The Hall–Kier alpha value is -3.35. The van der Waals surface area contributed by atoms with Gasteiger partial charge in [-0.1, -0.05) is 6.07 Å². The lowest BCUT2D eigenvalue weighted by Crippen LogP contribution is -2.13. The van der Waals surface area contributed by atoms with Gasteiger partial charge in [0.25, 0.3) is 5.91 Å². The minimum atomic E-state index is -1.07. The number of aryl methyl sites for hydroxylation is 1. The SMILES string of the molecule is COc1cc(C(=O)Nc2ccc(C)c(C(=O)O)c2)ccc1OC(C)=O. The summed E-state index contributed by atoms with van der Waals surface area (Å²) in [4.78, 5) is 34.6. The largest absolute Gasteiger partial charge is 0.493 e. The maximum absolute atomic E-state index is 12.4. The molecule has 0 atom stereocenters. The molecular weight excluding hydrogens is 326 g/mol. The first kappa shape index (κ1) is 18.0. The van der Waals surface area contributed by atoms with Crippen molar-refractivity contribution in [1.29, 1.82) is 0 Å². The predicted octanol–water partition coefficient (Wildman–Crippen LogP) is 2.88. The Morgan fingerprint density at radius 1 is 1.04 bits per heavy atom. The Morgan fingerprint density at radius 3 is 2.36 bits per heavy atom. The molecule has 2 rings (SSSR count). The van der Waals surface area contributed by atoms with Gasteiger partial charge in [-0.25, -0.2) is 4.79 Å². The van der Waals surface area contributed by atoms with Crippen LogP contribution in [0, 0.1) is 6.92 Å². The number of carboxylic acid groups (broad SMARTS) is 1. The summed E-state index contributed by atoms with van der Waals surface area (Å²) in [6.07, 6.45) is 0. The molecule has 0 aromatic heterocycles. The molecule has 0 saturated heterocycles. The molecule has 0 radical (unpaired) electrons. The summed E-state index contributed by atoms with van der Waals surface area (Å²) in [7, 11) is 1.39. The maximum Gasteiger partial charge on any atom is 0.336 e. The number of rotatable bonds is 5. The highest BCUT2D eigenvalue weighted by Gasteiger charge is 2.14. The summed E-state index contributed by atoms with van der Waals surface area (Å²) in [6.45, 7) is 2.94. The van der Waals surface area contributed by atoms with Crippen LogP contribution >= 0.6 is 0 Å². The van der Waals surface area contributed by atoms with Crippen LogP contribution in [0.1, 0.15) is 33.2 Å². The number of aromatic carboxylic acids is 1. The monoisotopic (exact) mass is 343 g/mol. The summed E-state index contributed by atoms with van der Waals surface area (Å²) in [5.41, 5.74) is 1.33. The second-order valence-electron chi connectivity index (χ2n) is 5.25.